The van der Waals surface area contributed by atoms with Crippen LogP contribution in [0.2, 0.25) is 0 Å². The van der Waals surface area contributed by atoms with Crippen LogP contribution >= 0.6 is 22.6 Å². The number of rotatable bonds is 3. The average molecular weight is 338 g/mol. The maximum atomic E-state index is 11.3. The first-order valence-corrected chi connectivity index (χ1v) is 6.22. The molecule has 1 aromatic heterocycles. The molecule has 0 bridgehead atoms. The van der Waals surface area contributed by atoms with Crippen LogP contribution in [0.15, 0.2) is 42.7 Å². The summed E-state index contributed by atoms with van der Waals surface area (Å²) >= 11 is 2.26. The summed E-state index contributed by atoms with van der Waals surface area (Å²) in [5.74, 6) is -0.409. The van der Waals surface area contributed by atoms with E-state index in [-0.39, 0.29) is 0 Å². The van der Waals surface area contributed by atoms with E-state index in [4.69, 9.17) is 5.73 Å². The van der Waals surface area contributed by atoms with Gasteiger partial charge in [0.05, 0.1) is 0 Å². The van der Waals surface area contributed by atoms with Gasteiger partial charge < -0.3 is 5.73 Å². The van der Waals surface area contributed by atoms with Gasteiger partial charge in [0.2, 0.25) is 5.91 Å². The molecule has 3 nitrogen and oxygen atoms in total. The van der Waals surface area contributed by atoms with Crippen molar-refractivity contribution in [3.63, 3.8) is 0 Å². The number of carbonyl (C=O) groups excluding carboxylic acids is 1. The topological polar surface area (TPSA) is 56.0 Å². The molecular weight excluding hydrogens is 327 g/mol. The zero-order chi connectivity index (χ0) is 12.3. The quantitative estimate of drug-likeness (QED) is 0.874. The Labute approximate surface area is 113 Å². The highest BCUT2D eigenvalue weighted by Gasteiger charge is 2.08. The predicted molar refractivity (Wildman–Crippen MR) is 74.7 cm³/mol. The number of carbonyl (C=O) groups is 1. The fraction of sp³-hybridized carbons (Fsp3) is 0.0769. The monoisotopic (exact) mass is 338 g/mol. The molecular formula is C13H11IN2O. The number of aromatic nitrogens is 1. The molecule has 2 aromatic rings. The van der Waals surface area contributed by atoms with E-state index in [1.54, 1.807) is 18.5 Å². The molecule has 17 heavy (non-hydrogen) atoms. The molecule has 2 N–H and O–H groups in total. The van der Waals surface area contributed by atoms with Crippen molar-refractivity contribution in [2.45, 2.75) is 6.42 Å². The summed E-state index contributed by atoms with van der Waals surface area (Å²) in [4.78, 5) is 15.3. The molecule has 0 atom stereocenters. The van der Waals surface area contributed by atoms with Crippen LogP contribution in [0.5, 0.6) is 0 Å². The van der Waals surface area contributed by atoms with Crippen molar-refractivity contribution in [1.82, 2.24) is 4.98 Å². The first-order chi connectivity index (χ1) is 8.16. The average Bonchev–Trinajstić information content (AvgIpc) is 2.32. The molecule has 1 aromatic carbocycles. The van der Waals surface area contributed by atoms with Crippen molar-refractivity contribution in [3.8, 4) is 0 Å². The van der Waals surface area contributed by atoms with Gasteiger partial charge in [-0.1, -0.05) is 12.1 Å². The first-order valence-electron chi connectivity index (χ1n) is 5.14. The van der Waals surface area contributed by atoms with Crippen LogP contribution in [-0.4, -0.2) is 10.9 Å². The Bertz CT molecular complexity index is 537. The van der Waals surface area contributed by atoms with Gasteiger partial charge >= 0.3 is 0 Å². The highest BCUT2D eigenvalue weighted by atomic mass is 127. The zero-order valence-electron chi connectivity index (χ0n) is 9.06. The van der Waals surface area contributed by atoms with Crippen molar-refractivity contribution < 1.29 is 4.79 Å². The Morgan fingerprint density at radius 2 is 1.94 bits per heavy atom. The van der Waals surface area contributed by atoms with Gasteiger partial charge in [-0.15, -0.1) is 0 Å². The Kier molecular flexibility index (Phi) is 3.73. The normalized spacial score (nSPS) is 10.2. The van der Waals surface area contributed by atoms with Crippen molar-refractivity contribution in [1.29, 1.82) is 0 Å². The first kappa shape index (κ1) is 12.0. The van der Waals surface area contributed by atoms with E-state index in [1.165, 1.54) is 3.57 Å². The molecule has 0 unspecified atom stereocenters. The van der Waals surface area contributed by atoms with Gasteiger partial charge in [-0.2, -0.15) is 0 Å². The fourth-order valence-electron chi connectivity index (χ4n) is 1.63. The number of amides is 1. The Hall–Kier alpha value is -1.43. The fourth-order valence-corrected chi connectivity index (χ4v) is 1.99. The van der Waals surface area contributed by atoms with E-state index in [9.17, 15) is 4.79 Å². The van der Waals surface area contributed by atoms with Gasteiger partial charge in [0.25, 0.3) is 0 Å². The van der Waals surface area contributed by atoms with Crippen LogP contribution in [0.1, 0.15) is 21.5 Å². The maximum absolute atomic E-state index is 11.3. The van der Waals surface area contributed by atoms with Gasteiger partial charge in [-0.25, -0.2) is 0 Å². The third kappa shape index (κ3) is 3.03. The van der Waals surface area contributed by atoms with Gasteiger partial charge in [0.1, 0.15) is 0 Å². The largest absolute Gasteiger partial charge is 0.366 e. The standard InChI is InChI=1S/C13H11IN2O/c14-11-3-1-9(2-4-11)7-10-8-16-6-5-12(10)13(15)17/h1-6,8H,7H2,(H2,15,17). The zero-order valence-corrected chi connectivity index (χ0v) is 11.2. The number of benzene rings is 1. The minimum Gasteiger partial charge on any atom is -0.366 e. The molecule has 0 radical (unpaired) electrons. The second-order valence-corrected chi connectivity index (χ2v) is 4.95. The highest BCUT2D eigenvalue weighted by Crippen LogP contribution is 2.14. The molecule has 0 saturated carbocycles. The second kappa shape index (κ2) is 5.27. The third-order valence-electron chi connectivity index (χ3n) is 2.48. The number of nitrogens with two attached hydrogens (primary N) is 1. The molecule has 86 valence electrons. The molecule has 0 spiro atoms. The lowest BCUT2D eigenvalue weighted by molar-refractivity contribution is 0.0999. The van der Waals surface area contributed by atoms with Gasteiger partial charge in [0.15, 0.2) is 0 Å². The van der Waals surface area contributed by atoms with Crippen LogP contribution < -0.4 is 5.73 Å². The van der Waals surface area contributed by atoms with Crippen molar-refractivity contribution in [2.24, 2.45) is 5.73 Å². The summed E-state index contributed by atoms with van der Waals surface area (Å²) in [5, 5.41) is 0. The van der Waals surface area contributed by atoms with E-state index >= 15 is 0 Å². The van der Waals surface area contributed by atoms with E-state index in [2.05, 4.69) is 27.6 Å². The Morgan fingerprint density at radius 1 is 1.24 bits per heavy atom. The minimum absolute atomic E-state index is 0.409. The summed E-state index contributed by atoms with van der Waals surface area (Å²) in [6.45, 7) is 0. The van der Waals surface area contributed by atoms with Crippen LogP contribution in [0.4, 0.5) is 0 Å². The van der Waals surface area contributed by atoms with E-state index < -0.39 is 5.91 Å². The summed E-state index contributed by atoms with van der Waals surface area (Å²) in [5.41, 5.74) is 7.87. The SMILES string of the molecule is NC(=O)c1ccncc1Cc1ccc(I)cc1. The smallest absolute Gasteiger partial charge is 0.249 e. The van der Waals surface area contributed by atoms with Crippen LogP contribution in [0, 0.1) is 3.57 Å². The number of nitrogens with zero attached hydrogens (tertiary/aromatic N) is 1. The summed E-state index contributed by atoms with van der Waals surface area (Å²) in [6, 6.07) is 9.82. The molecule has 0 fully saturated rings. The molecule has 2 rings (SSSR count). The Morgan fingerprint density at radius 3 is 2.59 bits per heavy atom. The molecule has 0 aliphatic carbocycles. The lowest BCUT2D eigenvalue weighted by Gasteiger charge is -2.06. The maximum Gasteiger partial charge on any atom is 0.249 e. The number of pyridine rings is 1. The van der Waals surface area contributed by atoms with E-state index in [1.807, 2.05) is 24.3 Å². The predicted octanol–water partition coefficient (Wildman–Crippen LogP) is 2.38. The third-order valence-corrected chi connectivity index (χ3v) is 3.20. The van der Waals surface area contributed by atoms with Gasteiger partial charge in [0, 0.05) is 21.5 Å². The number of primary amides is 1. The highest BCUT2D eigenvalue weighted by molar-refractivity contribution is 14.1. The van der Waals surface area contributed by atoms with Crippen molar-refractivity contribution in [2.75, 3.05) is 0 Å². The van der Waals surface area contributed by atoms with Gasteiger partial charge in [-0.3, -0.25) is 9.78 Å². The van der Waals surface area contributed by atoms with Crippen molar-refractivity contribution in [3.05, 3.63) is 63.0 Å². The lowest BCUT2D eigenvalue weighted by Crippen LogP contribution is -2.14. The number of halogens is 1. The molecule has 0 saturated heterocycles. The molecule has 1 amide bonds. The van der Waals surface area contributed by atoms with Gasteiger partial charge in [-0.05, 0) is 58.3 Å². The number of hydrogen-bond donors (Lipinski definition) is 1. The van der Waals surface area contributed by atoms with E-state index in [0.29, 0.717) is 12.0 Å². The van der Waals surface area contributed by atoms with Crippen LogP contribution in [0.3, 0.4) is 0 Å². The molecule has 0 aliphatic rings. The lowest BCUT2D eigenvalue weighted by atomic mass is 10.0. The van der Waals surface area contributed by atoms with Crippen molar-refractivity contribution >= 4 is 28.5 Å². The summed E-state index contributed by atoms with van der Waals surface area (Å²) in [7, 11) is 0. The number of hydrogen-bond acceptors (Lipinski definition) is 2. The molecule has 1 heterocycles. The summed E-state index contributed by atoms with van der Waals surface area (Å²) < 4.78 is 1.19. The minimum atomic E-state index is -0.409. The van der Waals surface area contributed by atoms with E-state index in [0.717, 1.165) is 11.1 Å². The second-order valence-electron chi connectivity index (χ2n) is 3.70. The summed E-state index contributed by atoms with van der Waals surface area (Å²) in [6.07, 6.45) is 3.94. The van der Waals surface area contributed by atoms with Crippen LogP contribution in [0.25, 0.3) is 0 Å². The van der Waals surface area contributed by atoms with Crippen LogP contribution in [-0.2, 0) is 6.42 Å². The Balaban J connectivity index is 2.30. The molecule has 0 aliphatic heterocycles. The molecule has 4 heteroatoms.